The van der Waals surface area contributed by atoms with Gasteiger partial charge in [0.15, 0.2) is 0 Å². The van der Waals surface area contributed by atoms with Crippen LogP contribution in [0.4, 0.5) is 0 Å². The first-order valence-corrected chi connectivity index (χ1v) is 6.83. The van der Waals surface area contributed by atoms with Crippen LogP contribution in [0.15, 0.2) is 5.38 Å². The van der Waals surface area contributed by atoms with Gasteiger partial charge in [0.25, 0.3) is 0 Å². The Labute approximate surface area is 103 Å². The van der Waals surface area contributed by atoms with Gasteiger partial charge in [-0.2, -0.15) is 0 Å². The molecule has 0 spiro atoms. The van der Waals surface area contributed by atoms with E-state index in [2.05, 4.69) is 36.0 Å². The van der Waals surface area contributed by atoms with Crippen molar-refractivity contribution in [3.63, 3.8) is 0 Å². The van der Waals surface area contributed by atoms with Gasteiger partial charge in [-0.3, -0.25) is 4.90 Å². The fourth-order valence-electron chi connectivity index (χ4n) is 1.66. The van der Waals surface area contributed by atoms with Gasteiger partial charge in [0.2, 0.25) is 0 Å². The first-order valence-electron chi connectivity index (χ1n) is 5.95. The molecular formula is C12H23N3S. The third kappa shape index (κ3) is 4.20. The topological polar surface area (TPSA) is 42.1 Å². The second-order valence-electron chi connectivity index (χ2n) is 4.69. The molecule has 4 heteroatoms. The summed E-state index contributed by atoms with van der Waals surface area (Å²) in [4.78, 5) is 6.98. The summed E-state index contributed by atoms with van der Waals surface area (Å²) >= 11 is 1.67. The van der Waals surface area contributed by atoms with Gasteiger partial charge < -0.3 is 5.73 Å². The van der Waals surface area contributed by atoms with Gasteiger partial charge >= 0.3 is 0 Å². The molecule has 0 fully saturated rings. The van der Waals surface area contributed by atoms with Gasteiger partial charge in [-0.1, -0.05) is 20.8 Å². The molecule has 0 aliphatic heterocycles. The average Bonchev–Trinajstić information content (AvgIpc) is 2.64. The Hall–Kier alpha value is -0.450. The van der Waals surface area contributed by atoms with Crippen LogP contribution in [0.3, 0.4) is 0 Å². The number of nitrogens with zero attached hydrogens (tertiary/aromatic N) is 2. The fraction of sp³-hybridized carbons (Fsp3) is 0.750. The molecule has 0 bridgehead atoms. The SMILES string of the molecule is CCN(Cc1csc(C(C)N)n1)CC(C)C. The molecule has 2 N–H and O–H groups in total. The predicted molar refractivity (Wildman–Crippen MR) is 70.5 cm³/mol. The Bertz CT molecular complexity index is 307. The van der Waals surface area contributed by atoms with Crippen molar-refractivity contribution in [2.45, 2.75) is 40.3 Å². The molecule has 1 heterocycles. The summed E-state index contributed by atoms with van der Waals surface area (Å²) in [6.45, 7) is 11.8. The van der Waals surface area contributed by atoms with Gasteiger partial charge in [0, 0.05) is 18.5 Å². The molecule has 0 aromatic carbocycles. The molecule has 0 radical (unpaired) electrons. The molecule has 0 saturated carbocycles. The second kappa shape index (κ2) is 6.33. The summed E-state index contributed by atoms with van der Waals surface area (Å²) in [6.07, 6.45) is 0. The molecule has 1 rings (SSSR count). The van der Waals surface area contributed by atoms with Crippen LogP contribution in [0.2, 0.25) is 0 Å². The molecule has 0 aliphatic rings. The van der Waals surface area contributed by atoms with Gasteiger partial charge in [-0.05, 0) is 19.4 Å². The highest BCUT2D eigenvalue weighted by atomic mass is 32.1. The minimum atomic E-state index is 0.0546. The van der Waals surface area contributed by atoms with Crippen LogP contribution in [0, 0.1) is 5.92 Å². The van der Waals surface area contributed by atoms with Crippen LogP contribution < -0.4 is 5.73 Å². The molecular weight excluding hydrogens is 218 g/mol. The standard InChI is InChI=1S/C12H23N3S/c1-5-15(6-9(2)3)7-11-8-16-12(14-11)10(4)13/h8-10H,5-7,13H2,1-4H3. The molecule has 3 nitrogen and oxygen atoms in total. The third-order valence-corrected chi connectivity index (χ3v) is 3.51. The fourth-order valence-corrected chi connectivity index (χ4v) is 2.42. The van der Waals surface area contributed by atoms with Gasteiger partial charge in [0.05, 0.1) is 11.7 Å². The minimum Gasteiger partial charge on any atom is -0.322 e. The number of hydrogen-bond donors (Lipinski definition) is 1. The van der Waals surface area contributed by atoms with Crippen molar-refractivity contribution in [3.05, 3.63) is 16.1 Å². The van der Waals surface area contributed by atoms with E-state index in [0.717, 1.165) is 30.3 Å². The van der Waals surface area contributed by atoms with E-state index in [0.29, 0.717) is 5.92 Å². The summed E-state index contributed by atoms with van der Waals surface area (Å²) in [6, 6.07) is 0.0546. The molecule has 1 atom stereocenters. The Kier molecular flexibility index (Phi) is 5.38. The van der Waals surface area contributed by atoms with Crippen molar-refractivity contribution in [1.82, 2.24) is 9.88 Å². The molecule has 1 aromatic rings. The summed E-state index contributed by atoms with van der Waals surface area (Å²) in [5, 5.41) is 3.16. The van der Waals surface area contributed by atoms with Crippen molar-refractivity contribution in [1.29, 1.82) is 0 Å². The Morgan fingerprint density at radius 1 is 1.44 bits per heavy atom. The van der Waals surface area contributed by atoms with Crippen LogP contribution in [0.1, 0.15) is 44.4 Å². The van der Waals surface area contributed by atoms with Crippen LogP contribution >= 0.6 is 11.3 Å². The Morgan fingerprint density at radius 2 is 2.12 bits per heavy atom. The zero-order valence-corrected chi connectivity index (χ0v) is 11.5. The van der Waals surface area contributed by atoms with E-state index >= 15 is 0 Å². The average molecular weight is 241 g/mol. The van der Waals surface area contributed by atoms with E-state index in [-0.39, 0.29) is 6.04 Å². The molecule has 16 heavy (non-hydrogen) atoms. The van der Waals surface area contributed by atoms with E-state index in [9.17, 15) is 0 Å². The summed E-state index contributed by atoms with van der Waals surface area (Å²) < 4.78 is 0. The number of hydrogen-bond acceptors (Lipinski definition) is 4. The summed E-state index contributed by atoms with van der Waals surface area (Å²) in [7, 11) is 0. The largest absolute Gasteiger partial charge is 0.322 e. The Balaban J connectivity index is 2.56. The molecule has 1 aromatic heterocycles. The lowest BCUT2D eigenvalue weighted by Gasteiger charge is -2.21. The van der Waals surface area contributed by atoms with E-state index < -0.39 is 0 Å². The normalized spacial score (nSPS) is 13.7. The monoisotopic (exact) mass is 241 g/mol. The highest BCUT2D eigenvalue weighted by molar-refractivity contribution is 7.09. The molecule has 0 saturated heterocycles. The smallest absolute Gasteiger partial charge is 0.109 e. The maximum atomic E-state index is 5.81. The van der Waals surface area contributed by atoms with Crippen LogP contribution in [0.5, 0.6) is 0 Å². The lowest BCUT2D eigenvalue weighted by atomic mass is 10.2. The quantitative estimate of drug-likeness (QED) is 0.832. The van der Waals surface area contributed by atoms with E-state index in [1.54, 1.807) is 11.3 Å². The second-order valence-corrected chi connectivity index (χ2v) is 5.58. The van der Waals surface area contributed by atoms with Crippen molar-refractivity contribution in [2.24, 2.45) is 11.7 Å². The maximum Gasteiger partial charge on any atom is 0.109 e. The Morgan fingerprint density at radius 3 is 2.56 bits per heavy atom. The van der Waals surface area contributed by atoms with Crippen molar-refractivity contribution in [3.8, 4) is 0 Å². The van der Waals surface area contributed by atoms with Crippen LogP contribution in [-0.4, -0.2) is 23.0 Å². The van der Waals surface area contributed by atoms with Crippen molar-refractivity contribution in [2.75, 3.05) is 13.1 Å². The molecule has 0 aliphatic carbocycles. The van der Waals surface area contributed by atoms with E-state index in [4.69, 9.17) is 5.73 Å². The predicted octanol–water partition coefficient (Wildman–Crippen LogP) is 2.64. The van der Waals surface area contributed by atoms with Gasteiger partial charge in [-0.25, -0.2) is 4.98 Å². The van der Waals surface area contributed by atoms with Gasteiger partial charge in [0.1, 0.15) is 5.01 Å². The summed E-state index contributed by atoms with van der Waals surface area (Å²) in [5.74, 6) is 0.700. The molecule has 1 unspecified atom stereocenters. The number of rotatable bonds is 6. The van der Waals surface area contributed by atoms with Crippen LogP contribution in [-0.2, 0) is 6.54 Å². The lowest BCUT2D eigenvalue weighted by molar-refractivity contribution is 0.246. The van der Waals surface area contributed by atoms with E-state index in [1.807, 2.05) is 6.92 Å². The zero-order valence-electron chi connectivity index (χ0n) is 10.7. The highest BCUT2D eigenvalue weighted by Gasteiger charge is 2.10. The first-order chi connectivity index (χ1) is 7.52. The lowest BCUT2D eigenvalue weighted by Crippen LogP contribution is -2.27. The molecule has 0 amide bonds. The molecule has 92 valence electrons. The minimum absolute atomic E-state index is 0.0546. The number of aromatic nitrogens is 1. The third-order valence-electron chi connectivity index (χ3n) is 2.42. The van der Waals surface area contributed by atoms with Crippen molar-refractivity contribution >= 4 is 11.3 Å². The van der Waals surface area contributed by atoms with E-state index in [1.165, 1.54) is 0 Å². The number of nitrogens with two attached hydrogens (primary N) is 1. The van der Waals surface area contributed by atoms with Crippen molar-refractivity contribution < 1.29 is 0 Å². The highest BCUT2D eigenvalue weighted by Crippen LogP contribution is 2.17. The zero-order chi connectivity index (χ0) is 12.1. The number of thiazole rings is 1. The van der Waals surface area contributed by atoms with Crippen LogP contribution in [0.25, 0.3) is 0 Å². The van der Waals surface area contributed by atoms with Gasteiger partial charge in [-0.15, -0.1) is 11.3 Å². The summed E-state index contributed by atoms with van der Waals surface area (Å²) in [5.41, 5.74) is 6.96. The maximum absolute atomic E-state index is 5.81. The first kappa shape index (κ1) is 13.6.